The maximum absolute atomic E-state index is 6.46. The van der Waals surface area contributed by atoms with Gasteiger partial charge < -0.3 is 19.4 Å². The topological polar surface area (TPSA) is 50.5 Å². The van der Waals surface area contributed by atoms with Crippen LogP contribution in [0.15, 0.2) is 77.3 Å². The van der Waals surface area contributed by atoms with Gasteiger partial charge in [0.05, 0.1) is 23.9 Å². The number of ether oxygens (including phenoxy) is 1. The van der Waals surface area contributed by atoms with Crippen molar-refractivity contribution in [1.82, 2.24) is 10.3 Å². The van der Waals surface area contributed by atoms with Crippen LogP contribution in [0.4, 0.5) is 5.69 Å². The van der Waals surface area contributed by atoms with Crippen LogP contribution in [0.3, 0.4) is 0 Å². The molecule has 3 heterocycles. The summed E-state index contributed by atoms with van der Waals surface area (Å²) in [6, 6.07) is 20.6. The Morgan fingerprint density at radius 2 is 1.88 bits per heavy atom. The van der Waals surface area contributed by atoms with Gasteiger partial charge in [0.25, 0.3) is 0 Å². The molecule has 4 aromatic rings. The van der Waals surface area contributed by atoms with Gasteiger partial charge in [0.1, 0.15) is 23.3 Å². The van der Waals surface area contributed by atoms with Crippen LogP contribution in [0.1, 0.15) is 29.1 Å². The van der Waals surface area contributed by atoms with Gasteiger partial charge in [-0.05, 0) is 73.2 Å². The van der Waals surface area contributed by atoms with Crippen LogP contribution in [0.25, 0.3) is 11.3 Å². The summed E-state index contributed by atoms with van der Waals surface area (Å²) in [6.07, 6.45) is 1.77. The molecule has 2 atom stereocenters. The Balaban J connectivity index is 1.62. The van der Waals surface area contributed by atoms with Gasteiger partial charge in [-0.1, -0.05) is 41.4 Å². The normalized spacial score (nSPS) is 17.6. The average molecular weight is 510 g/mol. The zero-order valence-corrected chi connectivity index (χ0v) is 20.8. The van der Waals surface area contributed by atoms with E-state index in [0.717, 1.165) is 34.0 Å². The molecule has 0 spiro atoms. The smallest absolute Gasteiger partial charge is 0.174 e. The minimum absolute atomic E-state index is 0.228. The van der Waals surface area contributed by atoms with E-state index in [1.165, 1.54) is 0 Å². The van der Waals surface area contributed by atoms with E-state index >= 15 is 0 Å². The number of nitrogens with zero attached hydrogens (tertiary/aromatic N) is 2. The first kappa shape index (κ1) is 22.7. The summed E-state index contributed by atoms with van der Waals surface area (Å²) in [7, 11) is 1.59. The van der Waals surface area contributed by atoms with Crippen molar-refractivity contribution in [3.63, 3.8) is 0 Å². The predicted octanol–water partition coefficient (Wildman–Crippen LogP) is 7.14. The first-order valence-corrected chi connectivity index (χ1v) is 11.8. The Morgan fingerprint density at radius 1 is 1.03 bits per heavy atom. The molecule has 2 aromatic carbocycles. The number of methoxy groups -OCH3 is 1. The molecule has 2 aromatic heterocycles. The van der Waals surface area contributed by atoms with Crippen LogP contribution >= 0.6 is 35.4 Å². The fraction of sp³-hybridized carbons (Fsp3) is 0.154. The van der Waals surface area contributed by atoms with Crippen LogP contribution in [0, 0.1) is 6.92 Å². The van der Waals surface area contributed by atoms with Crippen LogP contribution < -0.4 is 15.0 Å². The number of benzene rings is 2. The number of thiocarbonyl (C=S) groups is 1. The lowest BCUT2D eigenvalue weighted by Gasteiger charge is -2.26. The summed E-state index contributed by atoms with van der Waals surface area (Å²) < 4.78 is 11.8. The molecular formula is C26H21Cl2N3O2S. The summed E-state index contributed by atoms with van der Waals surface area (Å²) in [5.41, 5.74) is 3.59. The monoisotopic (exact) mass is 509 g/mol. The highest BCUT2D eigenvalue weighted by Crippen LogP contribution is 2.44. The fourth-order valence-electron chi connectivity index (χ4n) is 4.26. The van der Waals surface area contributed by atoms with Gasteiger partial charge in [0.15, 0.2) is 5.11 Å². The number of hydrogen-bond donors (Lipinski definition) is 1. The van der Waals surface area contributed by atoms with Crippen molar-refractivity contribution < 1.29 is 9.15 Å². The van der Waals surface area contributed by atoms with Crippen molar-refractivity contribution in [3.05, 3.63) is 100.0 Å². The number of nitrogens with one attached hydrogen (secondary N) is 1. The second-order valence-corrected chi connectivity index (χ2v) is 9.13. The van der Waals surface area contributed by atoms with Gasteiger partial charge in [0, 0.05) is 22.5 Å². The van der Waals surface area contributed by atoms with Gasteiger partial charge >= 0.3 is 0 Å². The Hall–Kier alpha value is -3.06. The molecule has 5 nitrogen and oxygen atoms in total. The first-order valence-electron chi connectivity index (χ1n) is 10.7. The first-order chi connectivity index (χ1) is 16.5. The number of rotatable bonds is 5. The molecule has 34 heavy (non-hydrogen) atoms. The second-order valence-electron chi connectivity index (χ2n) is 7.93. The highest BCUT2D eigenvalue weighted by atomic mass is 35.5. The Kier molecular flexibility index (Phi) is 6.21. The summed E-state index contributed by atoms with van der Waals surface area (Å²) >= 11 is 18.6. The minimum atomic E-state index is -0.292. The van der Waals surface area contributed by atoms with E-state index in [9.17, 15) is 0 Å². The third-order valence-corrected chi connectivity index (χ3v) is 6.98. The van der Waals surface area contributed by atoms with E-state index in [0.29, 0.717) is 20.9 Å². The molecule has 1 fully saturated rings. The second kappa shape index (κ2) is 9.29. The van der Waals surface area contributed by atoms with E-state index in [1.807, 2.05) is 78.6 Å². The highest BCUT2D eigenvalue weighted by Gasteiger charge is 2.42. The standard InChI is InChI=1S/C26H21Cl2N3O2S/c1-15-17(6-5-7-18(15)27)21-11-12-23(33-21)25-24(20-8-3-4-13-29-20)30-26(34)31(25)16-9-10-22(32-2)19(28)14-16/h3-14,24-25H,1-2H3,(H,30,34)/t24-,25-/m0/s1. The molecule has 0 amide bonds. The van der Waals surface area contributed by atoms with Gasteiger partial charge in [-0.3, -0.25) is 4.98 Å². The van der Waals surface area contributed by atoms with E-state index < -0.39 is 0 Å². The Bertz CT molecular complexity index is 1360. The SMILES string of the molecule is COc1ccc(N2C(=S)N[C@@H](c3ccccn3)[C@@H]2c2ccc(-c3cccc(Cl)c3C)o2)cc1Cl. The molecule has 1 aliphatic rings. The van der Waals surface area contributed by atoms with Gasteiger partial charge in [-0.15, -0.1) is 0 Å². The summed E-state index contributed by atoms with van der Waals surface area (Å²) in [5.74, 6) is 2.07. The van der Waals surface area contributed by atoms with Crippen LogP contribution in [-0.4, -0.2) is 17.2 Å². The fourth-order valence-corrected chi connectivity index (χ4v) is 5.03. The molecule has 1 N–H and O–H groups in total. The molecule has 0 saturated carbocycles. The lowest BCUT2D eigenvalue weighted by Crippen LogP contribution is -2.29. The van der Waals surface area contributed by atoms with Gasteiger partial charge in [-0.2, -0.15) is 0 Å². The summed E-state index contributed by atoms with van der Waals surface area (Å²) in [6.45, 7) is 1.98. The van der Waals surface area contributed by atoms with Gasteiger partial charge in [0.2, 0.25) is 0 Å². The Labute approximate surface area is 213 Å². The number of halogens is 2. The number of aromatic nitrogens is 1. The number of furan rings is 1. The molecule has 1 saturated heterocycles. The molecule has 0 radical (unpaired) electrons. The van der Waals surface area contributed by atoms with Crippen molar-refractivity contribution in [1.29, 1.82) is 0 Å². The van der Waals surface area contributed by atoms with Crippen molar-refractivity contribution in [2.45, 2.75) is 19.0 Å². The largest absolute Gasteiger partial charge is 0.495 e. The average Bonchev–Trinajstić information content (AvgIpc) is 3.46. The lowest BCUT2D eigenvalue weighted by molar-refractivity contribution is 0.415. The summed E-state index contributed by atoms with van der Waals surface area (Å²) in [5, 5.41) is 5.17. The molecule has 5 rings (SSSR count). The number of hydrogen-bond acceptors (Lipinski definition) is 4. The minimum Gasteiger partial charge on any atom is -0.495 e. The predicted molar refractivity (Wildman–Crippen MR) is 140 cm³/mol. The quantitative estimate of drug-likeness (QED) is 0.288. The van der Waals surface area contributed by atoms with Crippen molar-refractivity contribution in [3.8, 4) is 17.1 Å². The molecule has 172 valence electrons. The zero-order valence-electron chi connectivity index (χ0n) is 18.5. The third kappa shape index (κ3) is 4.02. The molecular weight excluding hydrogens is 489 g/mol. The molecule has 0 bridgehead atoms. The molecule has 1 aliphatic heterocycles. The van der Waals surface area contributed by atoms with Crippen molar-refractivity contribution in [2.75, 3.05) is 12.0 Å². The summed E-state index contributed by atoms with van der Waals surface area (Å²) in [4.78, 5) is 6.59. The maximum atomic E-state index is 6.46. The third-order valence-electron chi connectivity index (χ3n) is 5.96. The van der Waals surface area contributed by atoms with Crippen LogP contribution in [-0.2, 0) is 0 Å². The maximum Gasteiger partial charge on any atom is 0.174 e. The number of pyridine rings is 1. The zero-order chi connectivity index (χ0) is 23.8. The van der Waals surface area contributed by atoms with E-state index in [4.69, 9.17) is 44.6 Å². The highest BCUT2D eigenvalue weighted by molar-refractivity contribution is 7.80. The van der Waals surface area contributed by atoms with Gasteiger partial charge in [-0.25, -0.2) is 0 Å². The van der Waals surface area contributed by atoms with Crippen molar-refractivity contribution in [2.24, 2.45) is 0 Å². The lowest BCUT2D eigenvalue weighted by atomic mass is 10.0. The molecule has 8 heteroatoms. The molecule has 0 aliphatic carbocycles. The van der Waals surface area contributed by atoms with E-state index in [1.54, 1.807) is 13.3 Å². The van der Waals surface area contributed by atoms with E-state index in [2.05, 4.69) is 10.3 Å². The van der Waals surface area contributed by atoms with Crippen molar-refractivity contribution >= 4 is 46.2 Å². The van der Waals surface area contributed by atoms with E-state index in [-0.39, 0.29) is 12.1 Å². The van der Waals surface area contributed by atoms with Crippen LogP contribution in [0.2, 0.25) is 10.0 Å². The Morgan fingerprint density at radius 3 is 2.62 bits per heavy atom. The number of anilines is 1. The molecule has 0 unspecified atom stereocenters. The van der Waals surface area contributed by atoms with Crippen LogP contribution in [0.5, 0.6) is 5.75 Å².